The van der Waals surface area contributed by atoms with E-state index in [1.165, 1.54) is 16.3 Å². The summed E-state index contributed by atoms with van der Waals surface area (Å²) in [4.78, 5) is 13.4. The monoisotopic (exact) mass is 467 g/mol. The molecule has 0 saturated heterocycles. The van der Waals surface area contributed by atoms with Crippen molar-refractivity contribution in [1.82, 2.24) is 9.88 Å². The quantitative estimate of drug-likeness (QED) is 0.233. The lowest BCUT2D eigenvalue weighted by molar-refractivity contribution is 0.0916. The zero-order chi connectivity index (χ0) is 24.4. The first-order chi connectivity index (χ1) is 17.0. The summed E-state index contributed by atoms with van der Waals surface area (Å²) in [7, 11) is 0. The highest BCUT2D eigenvalue weighted by molar-refractivity contribution is 6.02. The van der Waals surface area contributed by atoms with E-state index in [4.69, 9.17) is 16.9 Å². The number of amides is 1. The van der Waals surface area contributed by atoms with Crippen LogP contribution in [0.4, 0.5) is 0 Å². The van der Waals surface area contributed by atoms with Gasteiger partial charge in [-0.3, -0.25) is 10.2 Å². The number of benzene rings is 3. The number of nitrogens with two attached hydrogens (primary N) is 2. The van der Waals surface area contributed by atoms with E-state index >= 15 is 0 Å². The van der Waals surface area contributed by atoms with Crippen LogP contribution in [0, 0.1) is 5.41 Å². The molecule has 0 radical (unpaired) electrons. The number of fused-ring (bicyclic) bond motifs is 2. The molecular weight excluding hydrogens is 434 g/mol. The molecule has 6 N–H and O–H groups in total. The summed E-state index contributed by atoms with van der Waals surface area (Å²) in [5.74, 6) is -0.0174. The fourth-order valence-corrected chi connectivity index (χ4v) is 5.31. The first-order valence-electron chi connectivity index (χ1n) is 12.5. The van der Waals surface area contributed by atoms with Crippen LogP contribution < -0.4 is 16.8 Å². The van der Waals surface area contributed by atoms with Gasteiger partial charge in [-0.1, -0.05) is 54.6 Å². The number of carbonyl (C=O) groups is 1. The van der Waals surface area contributed by atoms with Gasteiger partial charge < -0.3 is 21.4 Å². The molecule has 0 bridgehead atoms. The van der Waals surface area contributed by atoms with E-state index in [1.807, 2.05) is 24.3 Å². The maximum atomic E-state index is 13.4. The average Bonchev–Trinajstić information content (AvgIpc) is 3.23. The second-order valence-corrected chi connectivity index (χ2v) is 9.70. The predicted octanol–water partition coefficient (Wildman–Crippen LogP) is 4.71. The van der Waals surface area contributed by atoms with Crippen molar-refractivity contribution in [3.63, 3.8) is 0 Å². The minimum absolute atomic E-state index is 0.0277. The maximum Gasteiger partial charge on any atom is 0.268 e. The third-order valence-electron chi connectivity index (χ3n) is 7.26. The van der Waals surface area contributed by atoms with Crippen LogP contribution in [-0.2, 0) is 13.0 Å². The Balaban J connectivity index is 1.41. The van der Waals surface area contributed by atoms with E-state index < -0.39 is 0 Å². The molecule has 1 fully saturated rings. The number of nitrogens with zero attached hydrogens (tertiary/aromatic N) is 1. The molecule has 5 rings (SSSR count). The number of carbonyl (C=O) groups excluding carboxylic acids is 1. The molecule has 1 amide bonds. The van der Waals surface area contributed by atoms with E-state index in [1.54, 1.807) is 0 Å². The molecular formula is C29H33N5O. The normalized spacial score (nSPS) is 18.1. The third-order valence-corrected chi connectivity index (χ3v) is 7.26. The summed E-state index contributed by atoms with van der Waals surface area (Å²) in [6, 6.07) is 23.0. The minimum Gasteiger partial charge on any atom is -0.384 e. The van der Waals surface area contributed by atoms with Crippen LogP contribution in [0.5, 0.6) is 0 Å². The van der Waals surface area contributed by atoms with Crippen LogP contribution in [0.2, 0.25) is 0 Å². The predicted molar refractivity (Wildman–Crippen MR) is 143 cm³/mol. The van der Waals surface area contributed by atoms with Gasteiger partial charge in [0.15, 0.2) is 0 Å². The van der Waals surface area contributed by atoms with Crippen LogP contribution in [0.15, 0.2) is 66.7 Å². The van der Waals surface area contributed by atoms with Gasteiger partial charge in [-0.15, -0.1) is 0 Å². The Labute approximate surface area is 205 Å². The van der Waals surface area contributed by atoms with Gasteiger partial charge in [0.25, 0.3) is 5.91 Å². The molecule has 6 nitrogen and oxygen atoms in total. The van der Waals surface area contributed by atoms with Crippen molar-refractivity contribution in [2.24, 2.45) is 11.5 Å². The third kappa shape index (κ3) is 4.93. The molecule has 1 aliphatic carbocycles. The molecule has 0 atom stereocenters. The first kappa shape index (κ1) is 23.1. The molecule has 6 heteroatoms. The molecule has 3 aromatic carbocycles. The van der Waals surface area contributed by atoms with Gasteiger partial charge in [0.2, 0.25) is 0 Å². The average molecular weight is 468 g/mol. The number of rotatable bonds is 7. The van der Waals surface area contributed by atoms with Gasteiger partial charge in [0, 0.05) is 35.1 Å². The second-order valence-electron chi connectivity index (χ2n) is 9.70. The van der Waals surface area contributed by atoms with Crippen molar-refractivity contribution >= 4 is 33.4 Å². The number of nitrogen functional groups attached to an aromatic ring is 1. The highest BCUT2D eigenvalue weighted by Gasteiger charge is 2.23. The molecule has 0 spiro atoms. The molecule has 0 aliphatic heterocycles. The highest BCUT2D eigenvalue weighted by atomic mass is 16.2. The van der Waals surface area contributed by atoms with E-state index in [0.29, 0.717) is 17.8 Å². The smallest absolute Gasteiger partial charge is 0.268 e. The molecule has 1 aliphatic rings. The van der Waals surface area contributed by atoms with E-state index in [-0.39, 0.29) is 23.8 Å². The Hall–Kier alpha value is -3.64. The zero-order valence-corrected chi connectivity index (χ0v) is 20.0. The topological polar surface area (TPSA) is 110 Å². The number of hydrogen-bond donors (Lipinski definition) is 4. The Morgan fingerprint density at radius 1 is 0.971 bits per heavy atom. The van der Waals surface area contributed by atoms with E-state index in [2.05, 4.69) is 52.3 Å². The van der Waals surface area contributed by atoms with Gasteiger partial charge in [0.1, 0.15) is 11.5 Å². The maximum absolute atomic E-state index is 13.4. The Kier molecular flexibility index (Phi) is 6.55. The summed E-state index contributed by atoms with van der Waals surface area (Å²) in [6.45, 7) is 0.701. The zero-order valence-electron chi connectivity index (χ0n) is 20.0. The lowest BCUT2D eigenvalue weighted by Gasteiger charge is -2.27. The molecule has 35 heavy (non-hydrogen) atoms. The van der Waals surface area contributed by atoms with Crippen molar-refractivity contribution in [3.05, 3.63) is 83.6 Å². The molecule has 180 valence electrons. The lowest BCUT2D eigenvalue weighted by Crippen LogP contribution is -2.41. The van der Waals surface area contributed by atoms with Gasteiger partial charge in [-0.05, 0) is 67.0 Å². The van der Waals surface area contributed by atoms with Crippen molar-refractivity contribution in [2.45, 2.75) is 57.2 Å². The molecule has 1 heterocycles. The minimum atomic E-state index is -0.0452. The van der Waals surface area contributed by atoms with Gasteiger partial charge >= 0.3 is 0 Å². The largest absolute Gasteiger partial charge is 0.384 e. The van der Waals surface area contributed by atoms with Crippen molar-refractivity contribution in [3.8, 4) is 0 Å². The summed E-state index contributed by atoms with van der Waals surface area (Å²) in [6.07, 6.45) is 5.53. The number of aryl methyl sites for hydroxylation is 2. The van der Waals surface area contributed by atoms with Crippen LogP contribution in [0.3, 0.4) is 0 Å². The second kappa shape index (κ2) is 9.92. The summed E-state index contributed by atoms with van der Waals surface area (Å²) >= 11 is 0. The number of amidine groups is 1. The fraction of sp³-hybridized carbons (Fsp3) is 0.310. The molecule has 1 aromatic heterocycles. The molecule has 0 unspecified atom stereocenters. The molecule has 4 aromatic rings. The van der Waals surface area contributed by atoms with Crippen LogP contribution in [0.1, 0.15) is 53.7 Å². The van der Waals surface area contributed by atoms with Crippen molar-refractivity contribution in [2.75, 3.05) is 0 Å². The summed E-state index contributed by atoms with van der Waals surface area (Å²) in [5.41, 5.74) is 15.4. The summed E-state index contributed by atoms with van der Waals surface area (Å²) in [5, 5.41) is 14.6. The van der Waals surface area contributed by atoms with Gasteiger partial charge in [-0.25, -0.2) is 0 Å². The summed E-state index contributed by atoms with van der Waals surface area (Å²) < 4.78 is 2.09. The van der Waals surface area contributed by atoms with Crippen LogP contribution in [-0.4, -0.2) is 28.4 Å². The number of aromatic nitrogens is 1. The van der Waals surface area contributed by atoms with Gasteiger partial charge in [-0.2, -0.15) is 0 Å². The standard InChI is InChI=1S/C29H33N5O/c30-23-12-14-24(15-13-23)33-29(35)27-17-21-10-11-22(28(31)32)18-26(21)34(27)16-4-8-20-7-3-6-19-5-1-2-9-25(19)20/h1-3,5-7,9-11,17-18,23-24H,4,8,12-16,30H2,(H3,31,32)(H,33,35)/t23-,24-. The lowest BCUT2D eigenvalue weighted by atomic mass is 9.92. The van der Waals surface area contributed by atoms with Crippen LogP contribution in [0.25, 0.3) is 21.7 Å². The Morgan fingerprint density at radius 2 is 1.74 bits per heavy atom. The first-order valence-corrected chi connectivity index (χ1v) is 12.5. The number of hydrogen-bond acceptors (Lipinski definition) is 3. The number of nitrogens with one attached hydrogen (secondary N) is 2. The van der Waals surface area contributed by atoms with E-state index in [9.17, 15) is 4.79 Å². The Morgan fingerprint density at radius 3 is 2.54 bits per heavy atom. The highest BCUT2D eigenvalue weighted by Crippen LogP contribution is 2.25. The van der Waals surface area contributed by atoms with Gasteiger partial charge in [0.05, 0.1) is 0 Å². The van der Waals surface area contributed by atoms with E-state index in [0.717, 1.165) is 49.4 Å². The Bertz CT molecular complexity index is 1380. The SMILES string of the molecule is N=C(N)c1ccc2cc(C(=O)N[C@H]3CC[C@H](N)CC3)n(CCCc3cccc4ccccc34)c2c1. The van der Waals surface area contributed by atoms with Crippen molar-refractivity contribution < 1.29 is 4.79 Å². The van der Waals surface area contributed by atoms with Crippen LogP contribution >= 0.6 is 0 Å². The van der Waals surface area contributed by atoms with Crippen molar-refractivity contribution in [1.29, 1.82) is 5.41 Å². The fourth-order valence-electron chi connectivity index (χ4n) is 5.31. The molecule has 1 saturated carbocycles.